The Bertz CT molecular complexity index is 373. The number of fused-ring (bicyclic) bond motifs is 1. The van der Waals surface area contributed by atoms with Gasteiger partial charge in [0.1, 0.15) is 0 Å². The van der Waals surface area contributed by atoms with Crippen molar-refractivity contribution >= 4 is 5.95 Å². The van der Waals surface area contributed by atoms with Crippen LogP contribution in [-0.4, -0.2) is 47.1 Å². The van der Waals surface area contributed by atoms with Gasteiger partial charge >= 0.3 is 0 Å². The summed E-state index contributed by atoms with van der Waals surface area (Å²) in [5.74, 6) is 1.50. The largest absolute Gasteiger partial charge is 0.339 e. The molecule has 2 saturated heterocycles. The van der Waals surface area contributed by atoms with E-state index >= 15 is 0 Å². The maximum absolute atomic E-state index is 4.34. The van der Waals surface area contributed by atoms with Gasteiger partial charge in [-0.1, -0.05) is 6.42 Å². The Kier molecular flexibility index (Phi) is 5.10. The fourth-order valence-corrected chi connectivity index (χ4v) is 2.89. The van der Waals surface area contributed by atoms with E-state index in [4.69, 9.17) is 0 Å². The third kappa shape index (κ3) is 3.09. The predicted octanol–water partition coefficient (Wildman–Crippen LogP) is 1.21. The molecule has 0 unspecified atom stereocenters. The first-order valence-electron chi connectivity index (χ1n) is 6.42. The molecule has 2 aliphatic rings. The molecule has 0 aliphatic carbocycles. The van der Waals surface area contributed by atoms with Gasteiger partial charge in [-0.2, -0.15) is 5.92 Å². The molecule has 2 atom stereocenters. The zero-order valence-corrected chi connectivity index (χ0v) is 13.5. The summed E-state index contributed by atoms with van der Waals surface area (Å²) >= 11 is 0. The van der Waals surface area contributed by atoms with Gasteiger partial charge < -0.3 is 11.8 Å². The topological polar surface area (TPSA) is 32.3 Å². The van der Waals surface area contributed by atoms with Gasteiger partial charge in [0.25, 0.3) is 0 Å². The summed E-state index contributed by atoms with van der Waals surface area (Å²) in [6.07, 6.45) is 6.16. The van der Waals surface area contributed by atoms with Crippen LogP contribution in [0.5, 0.6) is 0 Å². The second kappa shape index (κ2) is 6.40. The van der Waals surface area contributed by atoms with E-state index in [0.29, 0.717) is 12.0 Å². The van der Waals surface area contributed by atoms with Gasteiger partial charge in [0.2, 0.25) is 5.95 Å². The molecule has 0 amide bonds. The van der Waals surface area contributed by atoms with Crippen LogP contribution < -0.4 is 4.90 Å². The van der Waals surface area contributed by atoms with Gasteiger partial charge in [-0.15, -0.1) is 0 Å². The molecule has 2 fully saturated rings. The number of rotatable bonds is 1. The third-order valence-electron chi connectivity index (χ3n) is 3.84. The summed E-state index contributed by atoms with van der Waals surface area (Å²) in [6.45, 7) is 8.57. The van der Waals surface area contributed by atoms with Crippen LogP contribution in [0.2, 0.25) is 0 Å². The van der Waals surface area contributed by atoms with Crippen LogP contribution in [0.15, 0.2) is 18.5 Å². The van der Waals surface area contributed by atoms with Crippen LogP contribution >= 0.6 is 0 Å². The number of nitrogens with zero attached hydrogens (tertiary/aromatic N) is 4. The molecule has 0 aromatic carbocycles. The normalized spacial score (nSPS) is 28.4. The van der Waals surface area contributed by atoms with Crippen LogP contribution in [-0.2, 0) is 32.7 Å². The molecule has 0 N–H and O–H groups in total. The average molecular weight is 320 g/mol. The third-order valence-corrected chi connectivity index (χ3v) is 3.84. The van der Waals surface area contributed by atoms with Crippen molar-refractivity contribution in [2.24, 2.45) is 5.92 Å². The number of anilines is 1. The zero-order valence-electron chi connectivity index (χ0n) is 10.7. The van der Waals surface area contributed by atoms with E-state index in [9.17, 15) is 0 Å². The SMILES string of the molecule is [CH2-][C@H]1CC[C@H]2CN(c3ncccn3)CCN2C1.[Y]. The Morgan fingerprint density at radius 3 is 2.67 bits per heavy atom. The molecular formula is C13H19N4Y-. The molecule has 3 rings (SSSR count). The Morgan fingerprint density at radius 2 is 1.89 bits per heavy atom. The molecule has 18 heavy (non-hydrogen) atoms. The van der Waals surface area contributed by atoms with Crippen molar-refractivity contribution in [3.63, 3.8) is 0 Å². The molecule has 0 bridgehead atoms. The second-order valence-electron chi connectivity index (χ2n) is 5.09. The first-order chi connectivity index (χ1) is 8.33. The van der Waals surface area contributed by atoms with Gasteiger partial charge in [-0.25, -0.2) is 9.97 Å². The molecule has 95 valence electrons. The minimum Gasteiger partial charge on any atom is -0.339 e. The summed E-state index contributed by atoms with van der Waals surface area (Å²) in [6, 6.07) is 2.54. The van der Waals surface area contributed by atoms with E-state index in [1.807, 2.05) is 18.5 Å². The van der Waals surface area contributed by atoms with E-state index in [1.165, 1.54) is 12.8 Å². The Morgan fingerprint density at radius 1 is 1.11 bits per heavy atom. The Hall–Kier alpha value is -0.0561. The standard InChI is InChI=1S/C13H19N4.Y/c1-11-3-4-12-10-17(8-7-16(12)9-11)13-14-5-2-6-15-13;/h2,5-6,11-12H,1,3-4,7-10H2;/q-1;/t11-,12-;/m0./s1. The number of aromatic nitrogens is 2. The molecule has 0 spiro atoms. The molecule has 1 aromatic heterocycles. The first kappa shape index (κ1) is 14.4. The van der Waals surface area contributed by atoms with Crippen molar-refractivity contribution in [1.29, 1.82) is 0 Å². The summed E-state index contributed by atoms with van der Waals surface area (Å²) in [5.41, 5.74) is 0. The summed E-state index contributed by atoms with van der Waals surface area (Å²) < 4.78 is 0. The number of piperidine rings is 1. The minimum absolute atomic E-state index is 0. The monoisotopic (exact) mass is 320 g/mol. The molecule has 5 heteroatoms. The fraction of sp³-hybridized carbons (Fsp3) is 0.615. The van der Waals surface area contributed by atoms with Gasteiger partial charge in [0.05, 0.1) is 0 Å². The van der Waals surface area contributed by atoms with Crippen molar-refractivity contribution in [2.45, 2.75) is 18.9 Å². The van der Waals surface area contributed by atoms with Crippen LogP contribution in [0, 0.1) is 12.8 Å². The van der Waals surface area contributed by atoms with E-state index in [-0.39, 0.29) is 32.7 Å². The fourth-order valence-electron chi connectivity index (χ4n) is 2.89. The van der Waals surface area contributed by atoms with Crippen LogP contribution in [0.1, 0.15) is 12.8 Å². The van der Waals surface area contributed by atoms with Gasteiger partial charge in [0, 0.05) is 70.8 Å². The molecule has 1 aromatic rings. The van der Waals surface area contributed by atoms with Crippen molar-refractivity contribution < 1.29 is 32.7 Å². The van der Waals surface area contributed by atoms with Crippen LogP contribution in [0.4, 0.5) is 5.95 Å². The van der Waals surface area contributed by atoms with Gasteiger partial charge in [-0.3, -0.25) is 4.90 Å². The Labute approximate surface area is 134 Å². The first-order valence-corrected chi connectivity index (χ1v) is 6.42. The zero-order chi connectivity index (χ0) is 11.7. The molecular weight excluding hydrogens is 301 g/mol. The summed E-state index contributed by atoms with van der Waals surface area (Å²) in [5, 5.41) is 0. The van der Waals surface area contributed by atoms with Crippen molar-refractivity contribution in [3.05, 3.63) is 25.4 Å². The van der Waals surface area contributed by atoms with Gasteiger partial charge in [0.15, 0.2) is 0 Å². The average Bonchev–Trinajstić information content (AvgIpc) is 2.39. The molecule has 4 nitrogen and oxygen atoms in total. The van der Waals surface area contributed by atoms with E-state index in [2.05, 4.69) is 26.7 Å². The van der Waals surface area contributed by atoms with E-state index in [0.717, 1.165) is 32.1 Å². The number of hydrogen-bond donors (Lipinski definition) is 0. The molecule has 2 aliphatic heterocycles. The van der Waals surface area contributed by atoms with Crippen LogP contribution in [0.25, 0.3) is 0 Å². The second-order valence-corrected chi connectivity index (χ2v) is 5.09. The minimum atomic E-state index is 0. The molecule has 0 saturated carbocycles. The van der Waals surface area contributed by atoms with Crippen molar-refractivity contribution in [1.82, 2.24) is 14.9 Å². The number of piperazine rings is 1. The smallest absolute Gasteiger partial charge is 0.225 e. The molecule has 1 radical (unpaired) electrons. The van der Waals surface area contributed by atoms with Crippen molar-refractivity contribution in [2.75, 3.05) is 31.1 Å². The molecule has 3 heterocycles. The van der Waals surface area contributed by atoms with E-state index in [1.54, 1.807) is 0 Å². The predicted molar refractivity (Wildman–Crippen MR) is 67.7 cm³/mol. The Balaban J connectivity index is 0.00000120. The van der Waals surface area contributed by atoms with Crippen molar-refractivity contribution in [3.8, 4) is 0 Å². The number of hydrogen-bond acceptors (Lipinski definition) is 4. The van der Waals surface area contributed by atoms with Gasteiger partial charge in [-0.05, 0) is 19.0 Å². The quantitative estimate of drug-likeness (QED) is 0.728. The maximum Gasteiger partial charge on any atom is 0.225 e. The summed E-state index contributed by atoms with van der Waals surface area (Å²) in [7, 11) is 0. The van der Waals surface area contributed by atoms with E-state index < -0.39 is 0 Å². The maximum atomic E-state index is 4.34. The van der Waals surface area contributed by atoms with Crippen LogP contribution in [0.3, 0.4) is 0 Å². The summed E-state index contributed by atoms with van der Waals surface area (Å²) in [4.78, 5) is 13.6.